The number of nitrogens with zero attached hydrogens (tertiary/aromatic N) is 3. The van der Waals surface area contributed by atoms with Gasteiger partial charge in [0.1, 0.15) is 11.6 Å². The van der Waals surface area contributed by atoms with Crippen LogP contribution >= 0.6 is 11.6 Å². The van der Waals surface area contributed by atoms with E-state index in [2.05, 4.69) is 20.9 Å². The molecule has 0 unspecified atom stereocenters. The van der Waals surface area contributed by atoms with E-state index in [1.54, 1.807) is 0 Å². The van der Waals surface area contributed by atoms with Gasteiger partial charge >= 0.3 is 0 Å². The van der Waals surface area contributed by atoms with E-state index in [9.17, 15) is 4.39 Å². The average molecular weight is 507 g/mol. The van der Waals surface area contributed by atoms with Crippen LogP contribution in [0.15, 0.2) is 48.5 Å². The predicted octanol–water partition coefficient (Wildman–Crippen LogP) is 6.36. The Morgan fingerprint density at radius 3 is 2.42 bits per heavy atom. The van der Waals surface area contributed by atoms with Crippen molar-refractivity contribution in [3.8, 4) is 16.9 Å². The maximum absolute atomic E-state index is 14.4. The van der Waals surface area contributed by atoms with Crippen molar-refractivity contribution in [1.29, 1.82) is 0 Å². The van der Waals surface area contributed by atoms with Crippen LogP contribution in [0.2, 0.25) is 5.02 Å². The molecule has 1 fully saturated rings. The highest BCUT2D eigenvalue weighted by atomic mass is 35.5. The number of ether oxygens (including phenoxy) is 1. The average Bonchev–Trinajstić information content (AvgIpc) is 3.20. The second-order valence-electron chi connectivity index (χ2n) is 9.76. The van der Waals surface area contributed by atoms with Gasteiger partial charge in [0.25, 0.3) is 0 Å². The van der Waals surface area contributed by atoms with Gasteiger partial charge in [-0.3, -0.25) is 0 Å². The zero-order valence-electron chi connectivity index (χ0n) is 21.2. The Balaban J connectivity index is 1.72. The van der Waals surface area contributed by atoms with Crippen LogP contribution < -0.4 is 15.0 Å². The van der Waals surface area contributed by atoms with E-state index in [4.69, 9.17) is 21.3 Å². The van der Waals surface area contributed by atoms with Crippen LogP contribution in [0.3, 0.4) is 0 Å². The number of hydrogen-bond donors (Lipinski definition) is 1. The number of anilines is 1. The lowest BCUT2D eigenvalue weighted by molar-refractivity contribution is 0.243. The van der Waals surface area contributed by atoms with Crippen molar-refractivity contribution in [3.63, 3.8) is 0 Å². The van der Waals surface area contributed by atoms with E-state index in [0.29, 0.717) is 22.7 Å². The van der Waals surface area contributed by atoms with Crippen molar-refractivity contribution >= 4 is 28.6 Å². The lowest BCUT2D eigenvalue weighted by atomic mass is 10.0. The molecule has 1 aromatic heterocycles. The van der Waals surface area contributed by atoms with E-state index in [0.717, 1.165) is 65.6 Å². The summed E-state index contributed by atoms with van der Waals surface area (Å²) in [5, 5.41) is 4.06. The molecule has 1 N–H and O–H groups in total. The maximum Gasteiger partial charge on any atom is 0.206 e. The first-order valence-corrected chi connectivity index (χ1v) is 12.9. The molecule has 7 heteroatoms. The highest BCUT2D eigenvalue weighted by molar-refractivity contribution is 6.32. The van der Waals surface area contributed by atoms with Gasteiger partial charge in [0.15, 0.2) is 0 Å². The number of benzene rings is 3. The quantitative estimate of drug-likeness (QED) is 0.330. The number of nitrogens with one attached hydrogen (secondary N) is 1. The molecule has 1 saturated heterocycles. The van der Waals surface area contributed by atoms with Crippen molar-refractivity contribution in [1.82, 2.24) is 14.9 Å². The summed E-state index contributed by atoms with van der Waals surface area (Å²) in [6.45, 7) is 11.8. The molecule has 1 aliphatic rings. The second-order valence-corrected chi connectivity index (χ2v) is 10.2. The van der Waals surface area contributed by atoms with Crippen molar-refractivity contribution < 1.29 is 9.13 Å². The van der Waals surface area contributed by atoms with Crippen molar-refractivity contribution in [2.75, 3.05) is 31.1 Å². The molecule has 0 radical (unpaired) electrons. The fourth-order valence-corrected chi connectivity index (χ4v) is 5.21. The van der Waals surface area contributed by atoms with Gasteiger partial charge in [-0.2, -0.15) is 0 Å². The van der Waals surface area contributed by atoms with Gasteiger partial charge in [-0.1, -0.05) is 41.9 Å². The Morgan fingerprint density at radius 2 is 1.72 bits per heavy atom. The highest BCUT2D eigenvalue weighted by Gasteiger charge is 2.23. The predicted molar refractivity (Wildman–Crippen MR) is 146 cm³/mol. The van der Waals surface area contributed by atoms with Crippen LogP contribution in [0.5, 0.6) is 5.75 Å². The lowest BCUT2D eigenvalue weighted by Gasteiger charge is -2.29. The normalized spacial score (nSPS) is 14.1. The zero-order valence-corrected chi connectivity index (χ0v) is 22.0. The summed E-state index contributed by atoms with van der Waals surface area (Å²) in [6, 6.07) is 15.8. The molecule has 0 aliphatic carbocycles. The summed E-state index contributed by atoms with van der Waals surface area (Å²) >= 11 is 6.72. The minimum Gasteiger partial charge on any atom is -0.490 e. The van der Waals surface area contributed by atoms with Crippen LogP contribution in [-0.4, -0.2) is 41.8 Å². The largest absolute Gasteiger partial charge is 0.490 e. The molecule has 0 amide bonds. The molecule has 5 nitrogen and oxygen atoms in total. The van der Waals surface area contributed by atoms with E-state index in [-0.39, 0.29) is 11.9 Å². The van der Waals surface area contributed by atoms with Crippen LogP contribution in [0, 0.1) is 19.7 Å². The minimum atomic E-state index is -0.149. The molecule has 2 heterocycles. The Bertz CT molecular complexity index is 1390. The van der Waals surface area contributed by atoms with Gasteiger partial charge < -0.3 is 19.5 Å². The van der Waals surface area contributed by atoms with Crippen molar-refractivity contribution in [3.05, 3.63) is 76.1 Å². The van der Waals surface area contributed by atoms with Crippen LogP contribution in [0.1, 0.15) is 30.5 Å². The number of aromatic nitrogens is 2. The van der Waals surface area contributed by atoms with Gasteiger partial charge in [-0.15, -0.1) is 0 Å². The Morgan fingerprint density at radius 1 is 1.03 bits per heavy atom. The SMILES string of the molecule is Cc1cc(Cn2c(N3CCNCC3)nc3c(-c4ccccc4OC(C)C)cc(Cl)cc32)cc(C)c1F. The number of fused-ring (bicyclic) bond motifs is 1. The van der Waals surface area contributed by atoms with E-state index in [1.165, 1.54) is 0 Å². The van der Waals surface area contributed by atoms with Crippen LogP contribution in [0.25, 0.3) is 22.2 Å². The summed E-state index contributed by atoms with van der Waals surface area (Å²) in [5.41, 5.74) is 6.06. The van der Waals surface area contributed by atoms with E-state index < -0.39 is 0 Å². The van der Waals surface area contributed by atoms with Crippen molar-refractivity contribution in [2.24, 2.45) is 0 Å². The molecule has 0 bridgehead atoms. The zero-order chi connectivity index (χ0) is 25.4. The van der Waals surface area contributed by atoms with E-state index in [1.807, 2.05) is 70.2 Å². The van der Waals surface area contributed by atoms with Gasteiger partial charge in [-0.25, -0.2) is 9.37 Å². The maximum atomic E-state index is 14.4. The van der Waals surface area contributed by atoms with Crippen LogP contribution in [-0.2, 0) is 6.54 Å². The summed E-state index contributed by atoms with van der Waals surface area (Å²) in [4.78, 5) is 7.52. The van der Waals surface area contributed by atoms with E-state index >= 15 is 0 Å². The Hall–Kier alpha value is -3.09. The third-order valence-corrected chi connectivity index (χ3v) is 6.79. The first-order valence-electron chi connectivity index (χ1n) is 12.5. The second kappa shape index (κ2) is 10.1. The van der Waals surface area contributed by atoms with Gasteiger partial charge in [0.05, 0.1) is 23.7 Å². The summed E-state index contributed by atoms with van der Waals surface area (Å²) in [7, 11) is 0. The molecule has 0 spiro atoms. The van der Waals surface area contributed by atoms with Gasteiger partial charge in [0.2, 0.25) is 5.95 Å². The van der Waals surface area contributed by atoms with Gasteiger partial charge in [-0.05, 0) is 62.6 Å². The van der Waals surface area contributed by atoms with Gasteiger partial charge in [0, 0.05) is 42.3 Å². The molecular weight excluding hydrogens is 475 g/mol. The minimum absolute atomic E-state index is 0.0414. The topological polar surface area (TPSA) is 42.3 Å². The molecule has 0 atom stereocenters. The molecule has 5 rings (SSSR count). The summed E-state index contributed by atoms with van der Waals surface area (Å²) < 4.78 is 22.7. The molecule has 36 heavy (non-hydrogen) atoms. The Kier molecular flexibility index (Phi) is 6.91. The first-order chi connectivity index (χ1) is 17.3. The number of imidazole rings is 1. The number of halogens is 2. The van der Waals surface area contributed by atoms with Crippen LogP contribution in [0.4, 0.5) is 10.3 Å². The number of rotatable bonds is 6. The third-order valence-electron chi connectivity index (χ3n) is 6.58. The van der Waals surface area contributed by atoms with Crippen molar-refractivity contribution in [2.45, 2.75) is 40.3 Å². The fraction of sp³-hybridized carbons (Fsp3) is 0.345. The number of aryl methyl sites for hydroxylation is 2. The lowest BCUT2D eigenvalue weighted by Crippen LogP contribution is -2.44. The number of piperazine rings is 1. The molecule has 3 aromatic carbocycles. The molecular formula is C29H32ClFN4O. The monoisotopic (exact) mass is 506 g/mol. The third kappa shape index (κ3) is 4.80. The summed E-state index contributed by atoms with van der Waals surface area (Å²) in [6.07, 6.45) is 0.0414. The smallest absolute Gasteiger partial charge is 0.206 e. The Labute approximate surface area is 216 Å². The number of hydrogen-bond acceptors (Lipinski definition) is 4. The molecule has 1 aliphatic heterocycles. The highest BCUT2D eigenvalue weighted by Crippen LogP contribution is 2.39. The first kappa shape index (κ1) is 24.6. The fourth-order valence-electron chi connectivity index (χ4n) is 5.00. The molecule has 4 aromatic rings. The standard InChI is InChI=1S/C29H32ClFN4O/c1-18(2)36-26-8-6-5-7-23(26)24-15-22(30)16-25-28(24)33-29(34-11-9-32-10-12-34)35(25)17-21-13-19(3)27(31)20(4)14-21/h5-8,13-16,18,32H,9-12,17H2,1-4H3. The summed E-state index contributed by atoms with van der Waals surface area (Å²) in [5.74, 6) is 1.56. The molecule has 0 saturated carbocycles. The molecule has 188 valence electrons. The number of para-hydroxylation sites is 1.